The SMILES string of the molecule is CCN(C(=O)OCCOC)C1CCN(c2ccc(C)cn2)C1. The number of hydrogen-bond donors (Lipinski definition) is 0. The number of amides is 1. The van der Waals surface area contributed by atoms with Crippen LogP contribution in [0.15, 0.2) is 18.3 Å². The molecule has 1 amide bonds. The molecule has 6 heteroatoms. The Balaban J connectivity index is 1.92. The van der Waals surface area contributed by atoms with E-state index in [1.165, 1.54) is 0 Å². The van der Waals surface area contributed by atoms with Gasteiger partial charge in [0.25, 0.3) is 0 Å². The Morgan fingerprint density at radius 2 is 2.27 bits per heavy atom. The zero-order chi connectivity index (χ0) is 15.9. The lowest BCUT2D eigenvalue weighted by Crippen LogP contribution is -2.42. The second-order valence-corrected chi connectivity index (χ2v) is 5.48. The van der Waals surface area contributed by atoms with Crippen LogP contribution in [0.2, 0.25) is 0 Å². The smallest absolute Gasteiger partial charge is 0.410 e. The van der Waals surface area contributed by atoms with Crippen LogP contribution in [0, 0.1) is 6.92 Å². The van der Waals surface area contributed by atoms with Crippen LogP contribution in [0.1, 0.15) is 18.9 Å². The van der Waals surface area contributed by atoms with Gasteiger partial charge < -0.3 is 19.3 Å². The summed E-state index contributed by atoms with van der Waals surface area (Å²) < 4.78 is 10.1. The standard InChI is InChI=1S/C16H25N3O3/c1-4-19(16(20)22-10-9-21-3)14-7-8-18(12-14)15-6-5-13(2)11-17-15/h5-6,11,14H,4,7-10,12H2,1-3H3. The first kappa shape index (κ1) is 16.5. The molecule has 122 valence electrons. The Morgan fingerprint density at radius 1 is 1.45 bits per heavy atom. The molecular formula is C16H25N3O3. The number of methoxy groups -OCH3 is 1. The summed E-state index contributed by atoms with van der Waals surface area (Å²) in [6.07, 6.45) is 2.55. The molecule has 0 bridgehead atoms. The maximum Gasteiger partial charge on any atom is 0.410 e. The van der Waals surface area contributed by atoms with E-state index in [9.17, 15) is 4.79 Å². The molecule has 1 saturated heterocycles. The molecule has 0 aliphatic carbocycles. The summed E-state index contributed by atoms with van der Waals surface area (Å²) in [6, 6.07) is 4.26. The van der Waals surface area contributed by atoms with Crippen molar-refractivity contribution in [2.75, 3.05) is 44.9 Å². The molecule has 6 nitrogen and oxygen atoms in total. The minimum Gasteiger partial charge on any atom is -0.447 e. The summed E-state index contributed by atoms with van der Waals surface area (Å²) in [6.45, 7) is 7.06. The third-order valence-electron chi connectivity index (χ3n) is 3.91. The molecule has 1 aliphatic rings. The average Bonchev–Trinajstić information content (AvgIpc) is 2.98. The predicted octanol–water partition coefficient (Wildman–Crippen LogP) is 2.07. The topological polar surface area (TPSA) is 54.9 Å². The largest absolute Gasteiger partial charge is 0.447 e. The second kappa shape index (κ2) is 7.98. The predicted molar refractivity (Wildman–Crippen MR) is 85.2 cm³/mol. The fourth-order valence-corrected chi connectivity index (χ4v) is 2.68. The van der Waals surface area contributed by atoms with Crippen molar-refractivity contribution in [3.05, 3.63) is 23.9 Å². The minimum absolute atomic E-state index is 0.170. The van der Waals surface area contributed by atoms with Crippen molar-refractivity contribution in [3.63, 3.8) is 0 Å². The van der Waals surface area contributed by atoms with E-state index < -0.39 is 0 Å². The molecule has 1 aromatic heterocycles. The third-order valence-corrected chi connectivity index (χ3v) is 3.91. The lowest BCUT2D eigenvalue weighted by Gasteiger charge is -2.27. The lowest BCUT2D eigenvalue weighted by molar-refractivity contribution is 0.0647. The van der Waals surface area contributed by atoms with E-state index in [-0.39, 0.29) is 12.1 Å². The van der Waals surface area contributed by atoms with Gasteiger partial charge in [0.05, 0.1) is 12.6 Å². The van der Waals surface area contributed by atoms with Crippen LogP contribution in [0.25, 0.3) is 0 Å². The molecule has 1 aliphatic heterocycles. The first-order valence-electron chi connectivity index (χ1n) is 7.75. The first-order chi connectivity index (χ1) is 10.7. The molecule has 2 rings (SSSR count). The molecule has 0 spiro atoms. The summed E-state index contributed by atoms with van der Waals surface area (Å²) >= 11 is 0. The van der Waals surface area contributed by atoms with E-state index in [0.29, 0.717) is 19.8 Å². The van der Waals surface area contributed by atoms with Gasteiger partial charge in [-0.15, -0.1) is 0 Å². The molecule has 0 radical (unpaired) electrons. The number of hydrogen-bond acceptors (Lipinski definition) is 5. The van der Waals surface area contributed by atoms with E-state index >= 15 is 0 Å². The van der Waals surface area contributed by atoms with Crippen molar-refractivity contribution in [1.29, 1.82) is 0 Å². The Kier molecular flexibility index (Phi) is 6.00. The minimum atomic E-state index is -0.261. The normalized spacial score (nSPS) is 17.6. The molecule has 1 unspecified atom stereocenters. The molecule has 2 heterocycles. The fraction of sp³-hybridized carbons (Fsp3) is 0.625. The second-order valence-electron chi connectivity index (χ2n) is 5.48. The molecule has 0 saturated carbocycles. The van der Waals surface area contributed by atoms with Crippen LogP contribution >= 0.6 is 0 Å². The fourth-order valence-electron chi connectivity index (χ4n) is 2.68. The lowest BCUT2D eigenvalue weighted by atomic mass is 10.2. The van der Waals surface area contributed by atoms with Gasteiger partial charge in [0.15, 0.2) is 0 Å². The van der Waals surface area contributed by atoms with Crippen molar-refractivity contribution >= 4 is 11.9 Å². The van der Waals surface area contributed by atoms with E-state index in [2.05, 4.69) is 16.0 Å². The molecular weight excluding hydrogens is 282 g/mol. The number of carbonyl (C=O) groups is 1. The van der Waals surface area contributed by atoms with Crippen molar-refractivity contribution in [2.24, 2.45) is 0 Å². The van der Waals surface area contributed by atoms with Gasteiger partial charge in [-0.2, -0.15) is 0 Å². The van der Waals surface area contributed by atoms with Gasteiger partial charge in [0.1, 0.15) is 12.4 Å². The highest BCUT2D eigenvalue weighted by Crippen LogP contribution is 2.22. The highest BCUT2D eigenvalue weighted by molar-refractivity contribution is 5.68. The zero-order valence-electron chi connectivity index (χ0n) is 13.6. The highest BCUT2D eigenvalue weighted by Gasteiger charge is 2.31. The average molecular weight is 307 g/mol. The molecule has 0 N–H and O–H groups in total. The number of carbonyl (C=O) groups excluding carboxylic acids is 1. The van der Waals surface area contributed by atoms with Crippen LogP contribution in [0.5, 0.6) is 0 Å². The van der Waals surface area contributed by atoms with Gasteiger partial charge in [-0.25, -0.2) is 9.78 Å². The van der Waals surface area contributed by atoms with E-state index in [0.717, 1.165) is 30.9 Å². The number of ether oxygens (including phenoxy) is 2. The van der Waals surface area contributed by atoms with Crippen molar-refractivity contribution < 1.29 is 14.3 Å². The van der Waals surface area contributed by atoms with Crippen LogP contribution in [0.3, 0.4) is 0 Å². The van der Waals surface area contributed by atoms with E-state index in [4.69, 9.17) is 9.47 Å². The Morgan fingerprint density at radius 3 is 2.91 bits per heavy atom. The molecule has 1 aromatic rings. The van der Waals surface area contributed by atoms with E-state index in [1.54, 1.807) is 12.0 Å². The number of likely N-dealkylation sites (N-methyl/N-ethyl adjacent to an activating group) is 1. The molecule has 0 aromatic carbocycles. The zero-order valence-corrected chi connectivity index (χ0v) is 13.6. The number of pyridine rings is 1. The quantitative estimate of drug-likeness (QED) is 0.753. The van der Waals surface area contributed by atoms with Crippen molar-refractivity contribution in [3.8, 4) is 0 Å². The van der Waals surface area contributed by atoms with Gasteiger partial charge in [-0.1, -0.05) is 6.07 Å². The molecule has 22 heavy (non-hydrogen) atoms. The van der Waals surface area contributed by atoms with Crippen molar-refractivity contribution in [2.45, 2.75) is 26.3 Å². The molecule has 1 fully saturated rings. The number of anilines is 1. The van der Waals surface area contributed by atoms with Crippen LogP contribution < -0.4 is 4.90 Å². The summed E-state index contributed by atoms with van der Waals surface area (Å²) in [5.41, 5.74) is 1.15. The van der Waals surface area contributed by atoms with Gasteiger partial charge in [0.2, 0.25) is 0 Å². The van der Waals surface area contributed by atoms with E-state index in [1.807, 2.05) is 26.1 Å². The number of aryl methyl sites for hydroxylation is 1. The highest BCUT2D eigenvalue weighted by atomic mass is 16.6. The van der Waals surface area contributed by atoms with Crippen LogP contribution in [-0.4, -0.2) is 62.0 Å². The Hall–Kier alpha value is -1.82. The van der Waals surface area contributed by atoms with Gasteiger partial charge in [-0.05, 0) is 31.9 Å². The maximum absolute atomic E-state index is 12.1. The van der Waals surface area contributed by atoms with Gasteiger partial charge in [0, 0.05) is 32.9 Å². The monoisotopic (exact) mass is 307 g/mol. The summed E-state index contributed by atoms with van der Waals surface area (Å²) in [5, 5.41) is 0. The Labute approximate surface area is 132 Å². The number of aromatic nitrogens is 1. The number of nitrogens with zero attached hydrogens (tertiary/aromatic N) is 3. The first-order valence-corrected chi connectivity index (χ1v) is 7.75. The summed E-state index contributed by atoms with van der Waals surface area (Å²) in [5.74, 6) is 0.969. The summed E-state index contributed by atoms with van der Waals surface area (Å²) in [7, 11) is 1.59. The van der Waals surface area contributed by atoms with Gasteiger partial charge in [-0.3, -0.25) is 0 Å². The third kappa shape index (κ3) is 4.10. The van der Waals surface area contributed by atoms with Crippen LogP contribution in [0.4, 0.5) is 10.6 Å². The maximum atomic E-state index is 12.1. The van der Waals surface area contributed by atoms with Crippen molar-refractivity contribution in [1.82, 2.24) is 9.88 Å². The van der Waals surface area contributed by atoms with Gasteiger partial charge >= 0.3 is 6.09 Å². The van der Waals surface area contributed by atoms with Crippen LogP contribution in [-0.2, 0) is 9.47 Å². The number of rotatable bonds is 6. The Bertz CT molecular complexity index is 478. The summed E-state index contributed by atoms with van der Waals surface area (Å²) in [4.78, 5) is 20.6. The molecule has 1 atom stereocenters.